The minimum Gasteiger partial charge on any atom is -0.465 e. The number of non-ortho nitro benzene ring substituents is 1. The molecular formula is C12H16N2O6. The van der Waals surface area contributed by atoms with Crippen molar-refractivity contribution in [1.29, 1.82) is 0 Å². The van der Waals surface area contributed by atoms with Gasteiger partial charge in [-0.2, -0.15) is 0 Å². The predicted octanol–water partition coefficient (Wildman–Crippen LogP) is 0.470. The number of aliphatic hydroxyl groups is 2. The molecule has 0 bridgehead atoms. The second kappa shape index (κ2) is 7.41. The van der Waals surface area contributed by atoms with E-state index in [1.165, 1.54) is 12.1 Å². The molecule has 110 valence electrons. The van der Waals surface area contributed by atoms with Crippen LogP contribution in [0.5, 0.6) is 0 Å². The van der Waals surface area contributed by atoms with Crippen molar-refractivity contribution in [2.45, 2.75) is 12.5 Å². The van der Waals surface area contributed by atoms with Gasteiger partial charge < -0.3 is 20.2 Å². The van der Waals surface area contributed by atoms with Gasteiger partial charge in [0.25, 0.3) is 5.69 Å². The van der Waals surface area contributed by atoms with Crippen LogP contribution < -0.4 is 0 Å². The summed E-state index contributed by atoms with van der Waals surface area (Å²) in [7, 11) is 0. The lowest BCUT2D eigenvalue weighted by Gasteiger charge is -2.21. The highest BCUT2D eigenvalue weighted by atomic mass is 16.6. The van der Waals surface area contributed by atoms with Gasteiger partial charge in [0, 0.05) is 18.7 Å². The van der Waals surface area contributed by atoms with Crippen molar-refractivity contribution < 1.29 is 25.0 Å². The van der Waals surface area contributed by atoms with Gasteiger partial charge in [-0.1, -0.05) is 12.1 Å². The van der Waals surface area contributed by atoms with Crippen LogP contribution in [0.25, 0.3) is 0 Å². The molecule has 0 aliphatic carbocycles. The maximum atomic E-state index is 11.0. The number of hydrogen-bond acceptors (Lipinski definition) is 5. The maximum Gasteiger partial charge on any atom is 0.407 e. The fourth-order valence-corrected chi connectivity index (χ4v) is 1.63. The number of amides is 1. The van der Waals surface area contributed by atoms with E-state index in [9.17, 15) is 20.0 Å². The molecule has 3 N–H and O–H groups in total. The molecule has 0 aliphatic rings. The number of aliphatic hydroxyl groups excluding tert-OH is 2. The zero-order valence-corrected chi connectivity index (χ0v) is 10.7. The molecule has 0 saturated carbocycles. The molecule has 8 heteroatoms. The lowest BCUT2D eigenvalue weighted by molar-refractivity contribution is -0.384. The molecule has 0 heterocycles. The molecule has 0 aliphatic heterocycles. The Morgan fingerprint density at radius 1 is 1.35 bits per heavy atom. The van der Waals surface area contributed by atoms with Crippen molar-refractivity contribution in [3.8, 4) is 0 Å². The van der Waals surface area contributed by atoms with Gasteiger partial charge in [-0.3, -0.25) is 10.1 Å². The highest BCUT2D eigenvalue weighted by molar-refractivity contribution is 5.65. The van der Waals surface area contributed by atoms with E-state index in [2.05, 4.69) is 0 Å². The topological polar surface area (TPSA) is 124 Å². The fraction of sp³-hybridized carbons (Fsp3) is 0.417. The van der Waals surface area contributed by atoms with Crippen LogP contribution in [0.4, 0.5) is 10.5 Å². The van der Waals surface area contributed by atoms with Gasteiger partial charge in [0.1, 0.15) is 0 Å². The number of carbonyl (C=O) groups is 1. The smallest absolute Gasteiger partial charge is 0.407 e. The first-order valence-corrected chi connectivity index (χ1v) is 5.94. The van der Waals surface area contributed by atoms with E-state index in [1.54, 1.807) is 12.1 Å². The number of carboxylic acid groups (broad SMARTS) is 1. The fourth-order valence-electron chi connectivity index (χ4n) is 1.63. The van der Waals surface area contributed by atoms with Crippen molar-refractivity contribution in [2.75, 3.05) is 19.7 Å². The largest absolute Gasteiger partial charge is 0.465 e. The van der Waals surface area contributed by atoms with E-state index >= 15 is 0 Å². The third kappa shape index (κ3) is 4.82. The Hall–Kier alpha value is -2.19. The molecular weight excluding hydrogens is 268 g/mol. The van der Waals surface area contributed by atoms with Gasteiger partial charge in [-0.05, 0) is 12.0 Å². The standard InChI is InChI=1S/C12H16N2O6/c15-8-11(16)7-13(12(17)18)6-5-9-1-3-10(4-2-9)14(19)20/h1-4,11,15-16H,5-8H2,(H,17,18). The van der Waals surface area contributed by atoms with E-state index in [-0.39, 0.29) is 18.8 Å². The number of rotatable bonds is 7. The summed E-state index contributed by atoms with van der Waals surface area (Å²) in [5.74, 6) is 0. The Labute approximate surface area is 115 Å². The van der Waals surface area contributed by atoms with Gasteiger partial charge in [0.15, 0.2) is 0 Å². The maximum absolute atomic E-state index is 11.0. The molecule has 0 radical (unpaired) electrons. The lowest BCUT2D eigenvalue weighted by atomic mass is 10.1. The number of benzene rings is 1. The van der Waals surface area contributed by atoms with Crippen molar-refractivity contribution in [2.24, 2.45) is 0 Å². The Morgan fingerprint density at radius 2 is 1.95 bits per heavy atom. The molecule has 1 unspecified atom stereocenters. The predicted molar refractivity (Wildman–Crippen MR) is 69.5 cm³/mol. The lowest BCUT2D eigenvalue weighted by Crippen LogP contribution is -2.39. The van der Waals surface area contributed by atoms with Gasteiger partial charge >= 0.3 is 6.09 Å². The number of hydrogen-bond donors (Lipinski definition) is 3. The van der Waals surface area contributed by atoms with Gasteiger partial charge in [0.05, 0.1) is 24.2 Å². The summed E-state index contributed by atoms with van der Waals surface area (Å²) in [6, 6.07) is 5.81. The van der Waals surface area contributed by atoms with Gasteiger partial charge in [0.2, 0.25) is 0 Å². The first-order valence-electron chi connectivity index (χ1n) is 5.94. The molecule has 1 aromatic carbocycles. The number of nitrogens with zero attached hydrogens (tertiary/aromatic N) is 2. The molecule has 1 atom stereocenters. The Kier molecular flexibility index (Phi) is 5.88. The molecule has 8 nitrogen and oxygen atoms in total. The molecule has 0 saturated heterocycles. The second-order valence-corrected chi connectivity index (χ2v) is 4.24. The van der Waals surface area contributed by atoms with Crippen molar-refractivity contribution in [1.82, 2.24) is 4.90 Å². The Balaban J connectivity index is 2.58. The van der Waals surface area contributed by atoms with Crippen LogP contribution >= 0.6 is 0 Å². The Morgan fingerprint density at radius 3 is 2.40 bits per heavy atom. The first-order chi connectivity index (χ1) is 9.43. The third-order valence-corrected chi connectivity index (χ3v) is 2.73. The van der Waals surface area contributed by atoms with Crippen LogP contribution in [-0.4, -0.2) is 57.0 Å². The summed E-state index contributed by atoms with van der Waals surface area (Å²) in [5, 5.41) is 37.4. The van der Waals surface area contributed by atoms with Gasteiger partial charge in [-0.25, -0.2) is 4.79 Å². The Bertz CT molecular complexity index is 462. The van der Waals surface area contributed by atoms with E-state index in [4.69, 9.17) is 10.2 Å². The summed E-state index contributed by atoms with van der Waals surface area (Å²) < 4.78 is 0. The highest BCUT2D eigenvalue weighted by Crippen LogP contribution is 2.12. The molecule has 1 aromatic rings. The summed E-state index contributed by atoms with van der Waals surface area (Å²) in [5.41, 5.74) is 0.722. The van der Waals surface area contributed by atoms with Crippen LogP contribution in [0.3, 0.4) is 0 Å². The highest BCUT2D eigenvalue weighted by Gasteiger charge is 2.16. The molecule has 1 amide bonds. The van der Waals surface area contributed by atoms with Crippen molar-refractivity contribution in [3.63, 3.8) is 0 Å². The zero-order valence-electron chi connectivity index (χ0n) is 10.7. The monoisotopic (exact) mass is 284 g/mol. The van der Waals surface area contributed by atoms with E-state index in [0.717, 1.165) is 10.5 Å². The van der Waals surface area contributed by atoms with Crippen LogP contribution in [-0.2, 0) is 6.42 Å². The van der Waals surface area contributed by atoms with Crippen LogP contribution in [0.15, 0.2) is 24.3 Å². The quantitative estimate of drug-likeness (QED) is 0.494. The van der Waals surface area contributed by atoms with E-state index in [0.29, 0.717) is 6.42 Å². The summed E-state index contributed by atoms with van der Waals surface area (Å²) in [4.78, 5) is 21.9. The van der Waals surface area contributed by atoms with Crippen LogP contribution in [0.2, 0.25) is 0 Å². The number of nitro benzene ring substituents is 1. The molecule has 0 fully saturated rings. The molecule has 0 spiro atoms. The summed E-state index contributed by atoms with van der Waals surface area (Å²) in [6.07, 6.45) is -1.95. The number of nitro groups is 1. The average molecular weight is 284 g/mol. The summed E-state index contributed by atoms with van der Waals surface area (Å²) in [6.45, 7) is -0.565. The van der Waals surface area contributed by atoms with E-state index in [1.807, 2.05) is 0 Å². The minimum absolute atomic E-state index is 0.0282. The van der Waals surface area contributed by atoms with Gasteiger partial charge in [-0.15, -0.1) is 0 Å². The van der Waals surface area contributed by atoms with Crippen molar-refractivity contribution >= 4 is 11.8 Å². The SMILES string of the molecule is O=C(O)N(CCc1ccc([N+](=O)[O-])cc1)CC(O)CO. The minimum atomic E-state index is -1.19. The zero-order chi connectivity index (χ0) is 15.1. The first kappa shape index (κ1) is 15.9. The normalized spacial score (nSPS) is 11.9. The molecule has 0 aromatic heterocycles. The molecule has 20 heavy (non-hydrogen) atoms. The van der Waals surface area contributed by atoms with Crippen molar-refractivity contribution in [3.05, 3.63) is 39.9 Å². The molecule has 1 rings (SSSR count). The van der Waals surface area contributed by atoms with Crippen LogP contribution in [0, 0.1) is 10.1 Å². The third-order valence-electron chi connectivity index (χ3n) is 2.73. The summed E-state index contributed by atoms with van der Waals surface area (Å²) >= 11 is 0. The van der Waals surface area contributed by atoms with E-state index < -0.39 is 23.7 Å². The average Bonchev–Trinajstić information content (AvgIpc) is 2.43. The van der Waals surface area contributed by atoms with Crippen LogP contribution in [0.1, 0.15) is 5.56 Å². The second-order valence-electron chi connectivity index (χ2n) is 4.24.